The molecule has 166 valence electrons. The van der Waals surface area contributed by atoms with Gasteiger partial charge in [-0.2, -0.15) is 0 Å². The number of carbonyl (C=O) groups excluding carboxylic acids is 3. The summed E-state index contributed by atoms with van der Waals surface area (Å²) >= 11 is 0. The molecule has 1 atom stereocenters. The molecule has 1 amide bonds. The van der Waals surface area contributed by atoms with Gasteiger partial charge in [-0.25, -0.2) is 9.59 Å². The predicted molar refractivity (Wildman–Crippen MR) is 110 cm³/mol. The number of hydrogen-bond acceptors (Lipinski definition) is 8. The monoisotopic (exact) mass is 430 g/mol. The second-order valence-corrected chi connectivity index (χ2v) is 8.17. The SMILES string of the molecule is COCCOC(=O)C1=C(N)OC(C(C)(C)C)=C(C(=O)OC)C12C(=O)Nc1ccccc12. The van der Waals surface area contributed by atoms with Gasteiger partial charge in [-0.05, 0) is 6.07 Å². The first-order valence-corrected chi connectivity index (χ1v) is 9.69. The van der Waals surface area contributed by atoms with E-state index in [1.807, 2.05) is 0 Å². The molecule has 3 N–H and O–H groups in total. The standard InChI is InChI=1S/C22H26N2O7/c1-21(2,3)16-14(18(25)29-5)22(12-8-6-7-9-13(12)24-20(22)27)15(17(23)31-16)19(26)30-11-10-28-4/h6-9H,10-11,23H2,1-5H3,(H,24,27). The number of anilines is 1. The molecule has 0 bridgehead atoms. The molecule has 1 unspecified atom stereocenters. The topological polar surface area (TPSA) is 126 Å². The molecule has 1 spiro atoms. The van der Waals surface area contributed by atoms with Gasteiger partial charge < -0.3 is 30.0 Å². The fourth-order valence-corrected chi connectivity index (χ4v) is 3.87. The molecule has 3 rings (SSSR count). The highest BCUT2D eigenvalue weighted by Crippen LogP contribution is 2.54. The van der Waals surface area contributed by atoms with Crippen LogP contribution < -0.4 is 11.1 Å². The van der Waals surface area contributed by atoms with Crippen LogP contribution in [-0.4, -0.2) is 45.3 Å². The lowest BCUT2D eigenvalue weighted by Crippen LogP contribution is -2.49. The van der Waals surface area contributed by atoms with Gasteiger partial charge in [0.25, 0.3) is 0 Å². The summed E-state index contributed by atoms with van der Waals surface area (Å²) in [5.41, 5.74) is 4.01. The van der Waals surface area contributed by atoms with Crippen molar-refractivity contribution < 1.29 is 33.3 Å². The van der Waals surface area contributed by atoms with Crippen LogP contribution in [0.25, 0.3) is 0 Å². The number of methoxy groups -OCH3 is 2. The molecule has 31 heavy (non-hydrogen) atoms. The number of nitrogens with one attached hydrogen (secondary N) is 1. The van der Waals surface area contributed by atoms with Crippen LogP contribution in [0, 0.1) is 5.41 Å². The van der Waals surface area contributed by atoms with Gasteiger partial charge in [-0.3, -0.25) is 4.79 Å². The van der Waals surface area contributed by atoms with Crippen molar-refractivity contribution in [3.8, 4) is 0 Å². The largest absolute Gasteiger partial charge is 0.466 e. The second kappa shape index (κ2) is 8.07. The third-order valence-electron chi connectivity index (χ3n) is 5.15. The Kier molecular flexibility index (Phi) is 5.82. The van der Waals surface area contributed by atoms with E-state index in [1.165, 1.54) is 14.2 Å². The van der Waals surface area contributed by atoms with Gasteiger partial charge in [0.15, 0.2) is 0 Å². The molecule has 0 aromatic heterocycles. The van der Waals surface area contributed by atoms with Crippen molar-refractivity contribution in [2.75, 3.05) is 32.8 Å². The van der Waals surface area contributed by atoms with E-state index in [4.69, 9.17) is 24.7 Å². The smallest absolute Gasteiger partial charge is 0.341 e. The van der Waals surface area contributed by atoms with E-state index in [0.717, 1.165) is 0 Å². The van der Waals surface area contributed by atoms with Gasteiger partial charge in [-0.1, -0.05) is 39.0 Å². The number of ether oxygens (including phenoxy) is 4. The minimum absolute atomic E-state index is 0.0745. The molecule has 0 aliphatic carbocycles. The Morgan fingerprint density at radius 2 is 1.77 bits per heavy atom. The Bertz CT molecular complexity index is 1000. The van der Waals surface area contributed by atoms with Gasteiger partial charge in [0.2, 0.25) is 11.8 Å². The van der Waals surface area contributed by atoms with Gasteiger partial charge in [0.05, 0.1) is 13.7 Å². The van der Waals surface area contributed by atoms with Crippen molar-refractivity contribution in [1.82, 2.24) is 0 Å². The summed E-state index contributed by atoms with van der Waals surface area (Å²) in [6.45, 7) is 5.46. The lowest BCUT2D eigenvalue weighted by Gasteiger charge is -2.39. The number of amides is 1. The summed E-state index contributed by atoms with van der Waals surface area (Å²) in [7, 11) is 2.65. The fourth-order valence-electron chi connectivity index (χ4n) is 3.87. The molecular weight excluding hydrogens is 404 g/mol. The molecule has 1 aromatic rings. The number of fused-ring (bicyclic) bond motifs is 2. The third kappa shape index (κ3) is 3.44. The number of esters is 2. The number of rotatable bonds is 5. The maximum Gasteiger partial charge on any atom is 0.341 e. The fraction of sp³-hybridized carbons (Fsp3) is 0.409. The van der Waals surface area contributed by atoms with Gasteiger partial charge in [0, 0.05) is 23.8 Å². The molecule has 2 heterocycles. The summed E-state index contributed by atoms with van der Waals surface area (Å²) < 4.78 is 21.0. The lowest BCUT2D eigenvalue weighted by atomic mass is 9.66. The van der Waals surface area contributed by atoms with E-state index in [1.54, 1.807) is 45.0 Å². The van der Waals surface area contributed by atoms with E-state index in [-0.39, 0.29) is 36.0 Å². The first kappa shape index (κ1) is 22.4. The molecule has 0 fully saturated rings. The number of para-hydroxylation sites is 1. The van der Waals surface area contributed by atoms with Crippen molar-refractivity contribution in [1.29, 1.82) is 0 Å². The van der Waals surface area contributed by atoms with Crippen molar-refractivity contribution in [3.05, 3.63) is 52.6 Å². The van der Waals surface area contributed by atoms with Crippen LogP contribution in [-0.2, 0) is 38.7 Å². The zero-order valence-electron chi connectivity index (χ0n) is 18.2. The highest BCUT2D eigenvalue weighted by molar-refractivity contribution is 6.21. The summed E-state index contributed by atoms with van der Waals surface area (Å²) in [6.07, 6.45) is 0. The Balaban J connectivity index is 2.37. The molecule has 9 nitrogen and oxygen atoms in total. The average molecular weight is 430 g/mol. The second-order valence-electron chi connectivity index (χ2n) is 8.17. The molecule has 9 heteroatoms. The van der Waals surface area contributed by atoms with Crippen LogP contribution in [0.3, 0.4) is 0 Å². The van der Waals surface area contributed by atoms with Crippen molar-refractivity contribution >= 4 is 23.5 Å². The maximum atomic E-state index is 13.6. The van der Waals surface area contributed by atoms with Gasteiger partial charge >= 0.3 is 11.9 Å². The molecular formula is C22H26N2O7. The van der Waals surface area contributed by atoms with Crippen molar-refractivity contribution in [3.63, 3.8) is 0 Å². The van der Waals surface area contributed by atoms with Crippen LogP contribution in [0.2, 0.25) is 0 Å². The number of allylic oxidation sites excluding steroid dienone is 1. The molecule has 0 saturated heterocycles. The Hall–Kier alpha value is -3.33. The lowest BCUT2D eigenvalue weighted by molar-refractivity contribution is -0.143. The van der Waals surface area contributed by atoms with Crippen molar-refractivity contribution in [2.45, 2.75) is 26.2 Å². The highest BCUT2D eigenvalue weighted by Gasteiger charge is 2.62. The summed E-state index contributed by atoms with van der Waals surface area (Å²) in [5, 5.41) is 2.75. The van der Waals surface area contributed by atoms with Crippen LogP contribution >= 0.6 is 0 Å². The molecule has 1 aromatic carbocycles. The normalized spacial score (nSPS) is 20.4. The Morgan fingerprint density at radius 3 is 2.39 bits per heavy atom. The van der Waals surface area contributed by atoms with E-state index in [2.05, 4.69) is 5.32 Å². The zero-order chi connectivity index (χ0) is 23.0. The molecule has 0 saturated carbocycles. The maximum absolute atomic E-state index is 13.6. The Labute approximate surface area is 180 Å². The number of benzene rings is 1. The molecule has 2 aliphatic heterocycles. The van der Waals surface area contributed by atoms with Gasteiger partial charge in [-0.15, -0.1) is 0 Å². The number of carbonyl (C=O) groups is 3. The van der Waals surface area contributed by atoms with Crippen molar-refractivity contribution in [2.24, 2.45) is 11.1 Å². The van der Waals surface area contributed by atoms with E-state index < -0.39 is 28.7 Å². The minimum Gasteiger partial charge on any atom is -0.466 e. The first-order valence-electron chi connectivity index (χ1n) is 9.69. The summed E-state index contributed by atoms with van der Waals surface area (Å²) in [4.78, 5) is 39.8. The average Bonchev–Trinajstić information content (AvgIpc) is 2.99. The van der Waals surface area contributed by atoms with E-state index in [9.17, 15) is 14.4 Å². The zero-order valence-corrected chi connectivity index (χ0v) is 18.2. The number of hydrogen-bond donors (Lipinski definition) is 2. The Morgan fingerprint density at radius 1 is 1.10 bits per heavy atom. The third-order valence-corrected chi connectivity index (χ3v) is 5.15. The summed E-state index contributed by atoms with van der Waals surface area (Å²) in [5.74, 6) is -2.51. The molecule has 2 aliphatic rings. The van der Waals surface area contributed by atoms with Crippen LogP contribution in [0.4, 0.5) is 5.69 Å². The first-order chi connectivity index (χ1) is 14.6. The summed E-state index contributed by atoms with van der Waals surface area (Å²) in [6, 6.07) is 6.75. The van der Waals surface area contributed by atoms with E-state index >= 15 is 0 Å². The van der Waals surface area contributed by atoms with Gasteiger partial charge in [0.1, 0.15) is 28.9 Å². The minimum atomic E-state index is -1.89. The highest BCUT2D eigenvalue weighted by atomic mass is 16.6. The van der Waals surface area contributed by atoms with E-state index in [0.29, 0.717) is 11.3 Å². The predicted octanol–water partition coefficient (Wildman–Crippen LogP) is 1.74. The van der Waals surface area contributed by atoms with Crippen LogP contribution in [0.15, 0.2) is 47.1 Å². The van der Waals surface area contributed by atoms with Crippen LogP contribution in [0.1, 0.15) is 26.3 Å². The molecule has 0 radical (unpaired) electrons. The van der Waals surface area contributed by atoms with Crippen LogP contribution in [0.5, 0.6) is 0 Å². The quantitative estimate of drug-likeness (QED) is 0.534. The number of nitrogens with two attached hydrogens (primary N) is 1.